The minimum Gasteiger partial charge on any atom is -0.501 e. The van der Waals surface area contributed by atoms with E-state index >= 15 is 0 Å². The van der Waals surface area contributed by atoms with Crippen molar-refractivity contribution in [1.82, 2.24) is 15.3 Å². The summed E-state index contributed by atoms with van der Waals surface area (Å²) in [5.41, 5.74) is 0.143. The van der Waals surface area contributed by atoms with Gasteiger partial charge in [-0.05, 0) is 44.6 Å². The fourth-order valence-corrected chi connectivity index (χ4v) is 3.36. The highest BCUT2D eigenvalue weighted by atomic mass is 19.4. The first kappa shape index (κ1) is 30.3. The zero-order valence-corrected chi connectivity index (χ0v) is 22.6. The molecule has 0 aliphatic rings. The highest BCUT2D eigenvalue weighted by molar-refractivity contribution is 5.60. The Morgan fingerprint density at radius 1 is 1.08 bits per heavy atom. The molecule has 10 heteroatoms. The van der Waals surface area contributed by atoms with Crippen LogP contribution in [0, 0.1) is 5.41 Å². The minimum atomic E-state index is -4.50. The molecule has 206 valence electrons. The Hall–Kier alpha value is -3.95. The van der Waals surface area contributed by atoms with Crippen LogP contribution in [0.15, 0.2) is 72.9 Å². The number of halogens is 3. The number of hydrogen-bond acceptors (Lipinski definition) is 7. The topological polar surface area (TPSA) is 77.5 Å². The van der Waals surface area contributed by atoms with Crippen molar-refractivity contribution in [3.05, 3.63) is 84.1 Å². The van der Waals surface area contributed by atoms with Crippen LogP contribution in [-0.2, 0) is 15.9 Å². The van der Waals surface area contributed by atoms with E-state index in [2.05, 4.69) is 33.8 Å². The average Bonchev–Trinajstić information content (AvgIpc) is 2.85. The minimum absolute atomic E-state index is 0.165. The first-order chi connectivity index (χ1) is 17.9. The molecule has 0 bridgehead atoms. The summed E-state index contributed by atoms with van der Waals surface area (Å²) in [6.07, 6.45) is 1.40. The van der Waals surface area contributed by atoms with Gasteiger partial charge in [-0.25, -0.2) is 9.97 Å². The second-order valence-corrected chi connectivity index (χ2v) is 8.78. The third-order valence-corrected chi connectivity index (χ3v) is 5.69. The number of methoxy groups -OCH3 is 2. The number of aryl methyl sites for hydroxylation is 1. The van der Waals surface area contributed by atoms with Gasteiger partial charge in [0.15, 0.2) is 0 Å². The van der Waals surface area contributed by atoms with Gasteiger partial charge in [0.2, 0.25) is 5.88 Å². The zero-order chi connectivity index (χ0) is 28.5. The standard InChI is InChI=1S/C28H35F3N4O3/c1-9-21(36-7)16-23-24(10-2)32-17-33-26(23)38-22-13-11-12-20(15-22)35-19(4)34-18(3)14-25(37-8)27(5,6)28(29,30)31/h11-17,34-35H,3-4,9-10H2,1-2,5-8H3/b21-16+,25-14-. The normalized spacial score (nSPS) is 12.6. The third kappa shape index (κ3) is 7.77. The van der Waals surface area contributed by atoms with Crippen LogP contribution < -0.4 is 15.4 Å². The number of benzene rings is 1. The first-order valence-electron chi connectivity index (χ1n) is 12.0. The highest BCUT2D eigenvalue weighted by Gasteiger charge is 2.51. The van der Waals surface area contributed by atoms with E-state index in [-0.39, 0.29) is 17.3 Å². The predicted octanol–water partition coefficient (Wildman–Crippen LogP) is 7.33. The maximum absolute atomic E-state index is 13.4. The molecule has 2 N–H and O–H groups in total. The lowest BCUT2D eigenvalue weighted by Gasteiger charge is -2.29. The van der Waals surface area contributed by atoms with E-state index in [1.165, 1.54) is 19.5 Å². The molecule has 1 aromatic carbocycles. The lowest BCUT2D eigenvalue weighted by molar-refractivity contribution is -0.208. The van der Waals surface area contributed by atoms with Crippen LogP contribution in [0.3, 0.4) is 0 Å². The van der Waals surface area contributed by atoms with Gasteiger partial charge in [-0.1, -0.05) is 33.1 Å². The predicted molar refractivity (Wildman–Crippen MR) is 143 cm³/mol. The number of hydrogen-bond donors (Lipinski definition) is 2. The number of anilines is 1. The van der Waals surface area contributed by atoms with E-state index in [9.17, 15) is 13.2 Å². The van der Waals surface area contributed by atoms with Gasteiger partial charge in [0.1, 0.15) is 29.1 Å². The van der Waals surface area contributed by atoms with E-state index in [4.69, 9.17) is 14.2 Å². The van der Waals surface area contributed by atoms with Crippen molar-refractivity contribution in [1.29, 1.82) is 0 Å². The van der Waals surface area contributed by atoms with E-state index in [1.54, 1.807) is 31.4 Å². The molecule has 7 nitrogen and oxygen atoms in total. The molecular weight excluding hydrogens is 497 g/mol. The number of nitrogens with one attached hydrogen (secondary N) is 2. The van der Waals surface area contributed by atoms with Gasteiger partial charge in [0.05, 0.1) is 31.2 Å². The molecule has 0 spiro atoms. The molecule has 0 aliphatic heterocycles. The third-order valence-electron chi connectivity index (χ3n) is 5.69. The number of aromatic nitrogens is 2. The molecule has 0 saturated heterocycles. The zero-order valence-electron chi connectivity index (χ0n) is 22.6. The summed E-state index contributed by atoms with van der Waals surface area (Å²) in [6.45, 7) is 13.7. The van der Waals surface area contributed by atoms with Crippen molar-refractivity contribution >= 4 is 11.8 Å². The summed E-state index contributed by atoms with van der Waals surface area (Å²) in [5, 5.41) is 5.88. The van der Waals surface area contributed by atoms with E-state index in [0.717, 1.165) is 30.9 Å². The van der Waals surface area contributed by atoms with Crippen LogP contribution in [0.4, 0.5) is 18.9 Å². The Bertz CT molecular complexity index is 1200. The van der Waals surface area contributed by atoms with Crippen molar-refractivity contribution in [3.63, 3.8) is 0 Å². The monoisotopic (exact) mass is 532 g/mol. The van der Waals surface area contributed by atoms with E-state index in [1.807, 2.05) is 19.9 Å². The van der Waals surface area contributed by atoms with Crippen LogP contribution in [0.5, 0.6) is 11.6 Å². The largest absolute Gasteiger partial charge is 0.501 e. The number of allylic oxidation sites excluding steroid dienone is 3. The van der Waals surface area contributed by atoms with Crippen LogP contribution in [-0.4, -0.2) is 30.4 Å². The summed E-state index contributed by atoms with van der Waals surface area (Å²) in [5.74, 6) is 1.65. The first-order valence-corrected chi connectivity index (χ1v) is 12.0. The molecule has 0 aliphatic carbocycles. The molecule has 0 amide bonds. The van der Waals surface area contributed by atoms with Crippen LogP contribution in [0.25, 0.3) is 6.08 Å². The Morgan fingerprint density at radius 2 is 1.79 bits per heavy atom. The molecule has 0 saturated carbocycles. The van der Waals surface area contributed by atoms with Gasteiger partial charge in [0, 0.05) is 23.9 Å². The molecule has 1 aromatic heterocycles. The molecule has 0 atom stereocenters. The van der Waals surface area contributed by atoms with Gasteiger partial charge in [-0.2, -0.15) is 13.2 Å². The van der Waals surface area contributed by atoms with Crippen molar-refractivity contribution in [2.24, 2.45) is 5.41 Å². The van der Waals surface area contributed by atoms with Crippen molar-refractivity contribution in [3.8, 4) is 11.6 Å². The van der Waals surface area contributed by atoms with Crippen LogP contribution >= 0.6 is 0 Å². The summed E-state index contributed by atoms with van der Waals surface area (Å²) < 4.78 is 56.7. The second-order valence-electron chi connectivity index (χ2n) is 8.78. The van der Waals surface area contributed by atoms with Crippen LogP contribution in [0.1, 0.15) is 45.4 Å². The number of alkyl halides is 3. The molecule has 2 rings (SSSR count). The van der Waals surface area contributed by atoms with E-state index in [0.29, 0.717) is 30.2 Å². The second kappa shape index (κ2) is 13.0. The smallest absolute Gasteiger partial charge is 0.400 e. The molecule has 38 heavy (non-hydrogen) atoms. The fourth-order valence-electron chi connectivity index (χ4n) is 3.36. The average molecular weight is 533 g/mol. The van der Waals surface area contributed by atoms with Gasteiger partial charge in [-0.3, -0.25) is 0 Å². The fraction of sp³-hybridized carbons (Fsp3) is 0.357. The lowest BCUT2D eigenvalue weighted by Crippen LogP contribution is -2.35. The summed E-state index contributed by atoms with van der Waals surface area (Å²) in [4.78, 5) is 8.67. The van der Waals surface area contributed by atoms with E-state index < -0.39 is 11.6 Å². The molecule has 0 unspecified atom stereocenters. The molecule has 0 fully saturated rings. The van der Waals surface area contributed by atoms with Gasteiger partial charge in [-0.15, -0.1) is 0 Å². The number of ether oxygens (including phenoxy) is 3. The number of rotatable bonds is 13. The SMILES string of the molecule is C=C(/C=C(\OC)C(C)(C)C(F)(F)F)NC(=C)Nc1cccc(Oc2ncnc(CC)c2/C=C(\CC)OC)c1. The molecule has 2 aromatic rings. The lowest BCUT2D eigenvalue weighted by atomic mass is 9.89. The highest BCUT2D eigenvalue weighted by Crippen LogP contribution is 2.43. The van der Waals surface area contributed by atoms with Gasteiger partial charge in [0.25, 0.3) is 0 Å². The maximum atomic E-state index is 13.4. The summed E-state index contributed by atoms with van der Waals surface area (Å²) in [6, 6.07) is 7.06. The van der Waals surface area contributed by atoms with Gasteiger partial charge >= 0.3 is 6.18 Å². The summed E-state index contributed by atoms with van der Waals surface area (Å²) in [7, 11) is 2.80. The Kier molecular flexibility index (Phi) is 10.4. The van der Waals surface area contributed by atoms with Gasteiger partial charge < -0.3 is 24.8 Å². The number of nitrogens with zero attached hydrogens (tertiary/aromatic N) is 2. The Balaban J connectivity index is 2.20. The Morgan fingerprint density at radius 3 is 2.37 bits per heavy atom. The van der Waals surface area contributed by atoms with Crippen molar-refractivity contribution < 1.29 is 27.4 Å². The molecular formula is C28H35F3N4O3. The molecule has 0 radical (unpaired) electrons. The van der Waals surface area contributed by atoms with Crippen molar-refractivity contribution in [2.75, 3.05) is 19.5 Å². The Labute approximate surface area is 222 Å². The quantitative estimate of drug-likeness (QED) is 0.207. The molecule has 1 heterocycles. The van der Waals surface area contributed by atoms with Crippen molar-refractivity contribution in [2.45, 2.75) is 46.7 Å². The van der Waals surface area contributed by atoms with Crippen LogP contribution in [0.2, 0.25) is 0 Å². The maximum Gasteiger partial charge on any atom is 0.400 e. The summed E-state index contributed by atoms with van der Waals surface area (Å²) >= 11 is 0.